The Morgan fingerprint density at radius 3 is 3.06 bits per heavy atom. The van der Waals surface area contributed by atoms with Gasteiger partial charge in [0.2, 0.25) is 0 Å². The van der Waals surface area contributed by atoms with Gasteiger partial charge >= 0.3 is 0 Å². The lowest BCUT2D eigenvalue weighted by Gasteiger charge is -2.08. The van der Waals surface area contributed by atoms with E-state index in [9.17, 15) is 0 Å². The number of aryl methyl sites for hydroxylation is 1. The molecule has 1 aliphatic heterocycles. The molecule has 0 fully saturated rings. The maximum Gasteiger partial charge on any atom is 0.163 e. The summed E-state index contributed by atoms with van der Waals surface area (Å²) >= 11 is 0. The molecule has 0 radical (unpaired) electrons. The monoisotopic (exact) mass is 242 g/mol. The Morgan fingerprint density at radius 1 is 1.33 bits per heavy atom. The highest BCUT2D eigenvalue weighted by atomic mass is 15.3. The van der Waals surface area contributed by atoms with Gasteiger partial charge in [-0.05, 0) is 43.5 Å². The van der Waals surface area contributed by atoms with Crippen molar-refractivity contribution in [3.63, 3.8) is 0 Å². The van der Waals surface area contributed by atoms with Gasteiger partial charge in [0.1, 0.15) is 5.82 Å². The van der Waals surface area contributed by atoms with Crippen LogP contribution in [0.15, 0.2) is 18.2 Å². The molecule has 0 amide bonds. The van der Waals surface area contributed by atoms with Crippen LogP contribution in [-0.4, -0.2) is 21.3 Å². The predicted molar refractivity (Wildman–Crippen MR) is 72.7 cm³/mol. The van der Waals surface area contributed by atoms with Crippen molar-refractivity contribution < 1.29 is 0 Å². The minimum absolute atomic E-state index is 0.976. The van der Waals surface area contributed by atoms with Gasteiger partial charge in [-0.1, -0.05) is 6.92 Å². The molecule has 2 heterocycles. The first-order valence-electron chi connectivity index (χ1n) is 6.56. The fraction of sp³-hybridized carbons (Fsp3) is 0.429. The molecule has 2 aromatic rings. The summed E-state index contributed by atoms with van der Waals surface area (Å²) in [5, 5.41) is 11.9. The quantitative estimate of drug-likeness (QED) is 0.899. The van der Waals surface area contributed by atoms with E-state index in [1.807, 2.05) is 6.92 Å². The summed E-state index contributed by atoms with van der Waals surface area (Å²) in [4.78, 5) is 0. The van der Waals surface area contributed by atoms with Crippen molar-refractivity contribution in [2.45, 2.75) is 33.2 Å². The van der Waals surface area contributed by atoms with Crippen LogP contribution in [0.3, 0.4) is 0 Å². The van der Waals surface area contributed by atoms with E-state index in [0.717, 1.165) is 37.6 Å². The topological polar surface area (TPSA) is 42.7 Å². The first-order valence-corrected chi connectivity index (χ1v) is 6.56. The zero-order valence-electron chi connectivity index (χ0n) is 10.9. The minimum Gasteiger partial charge on any atom is -0.384 e. The molecule has 3 rings (SSSR count). The first-order chi connectivity index (χ1) is 8.79. The molecule has 94 valence electrons. The Morgan fingerprint density at radius 2 is 2.22 bits per heavy atom. The second-order valence-corrected chi connectivity index (χ2v) is 4.77. The Kier molecular flexibility index (Phi) is 2.78. The van der Waals surface area contributed by atoms with E-state index in [1.165, 1.54) is 16.8 Å². The number of rotatable bonds is 3. The van der Waals surface area contributed by atoms with Crippen LogP contribution in [-0.2, 0) is 13.0 Å². The van der Waals surface area contributed by atoms with Crippen LogP contribution in [0.4, 0.5) is 5.69 Å². The van der Waals surface area contributed by atoms with E-state index in [0.29, 0.717) is 0 Å². The lowest BCUT2D eigenvalue weighted by molar-refractivity contribution is 0.663. The molecule has 1 N–H and O–H groups in total. The molecule has 0 atom stereocenters. The van der Waals surface area contributed by atoms with Crippen molar-refractivity contribution in [2.24, 2.45) is 0 Å². The molecule has 0 saturated heterocycles. The molecule has 0 unspecified atom stereocenters. The van der Waals surface area contributed by atoms with Gasteiger partial charge in [-0.25, -0.2) is 0 Å². The zero-order valence-corrected chi connectivity index (χ0v) is 10.9. The SMILES string of the molecule is CCCn1c(C)nnc1-c1ccc2c(c1)CCN2. The van der Waals surface area contributed by atoms with Gasteiger partial charge in [0.05, 0.1) is 0 Å². The van der Waals surface area contributed by atoms with Crippen LogP contribution in [0.5, 0.6) is 0 Å². The van der Waals surface area contributed by atoms with Crippen molar-refractivity contribution in [1.29, 1.82) is 0 Å². The molecule has 4 heteroatoms. The molecular weight excluding hydrogens is 224 g/mol. The lowest BCUT2D eigenvalue weighted by atomic mass is 10.1. The van der Waals surface area contributed by atoms with Crippen molar-refractivity contribution in [3.05, 3.63) is 29.6 Å². The first kappa shape index (κ1) is 11.3. The summed E-state index contributed by atoms with van der Waals surface area (Å²) in [6, 6.07) is 6.52. The predicted octanol–water partition coefficient (Wildman–Crippen LogP) is 2.63. The molecular formula is C14H18N4. The van der Waals surface area contributed by atoms with Crippen LogP contribution in [0, 0.1) is 6.92 Å². The van der Waals surface area contributed by atoms with Crippen molar-refractivity contribution in [1.82, 2.24) is 14.8 Å². The van der Waals surface area contributed by atoms with Crippen LogP contribution in [0.25, 0.3) is 11.4 Å². The third kappa shape index (κ3) is 1.78. The van der Waals surface area contributed by atoms with E-state index in [-0.39, 0.29) is 0 Å². The number of nitrogens with zero attached hydrogens (tertiary/aromatic N) is 3. The fourth-order valence-electron chi connectivity index (χ4n) is 2.53. The second-order valence-electron chi connectivity index (χ2n) is 4.77. The zero-order chi connectivity index (χ0) is 12.5. The molecule has 0 bridgehead atoms. The van der Waals surface area contributed by atoms with Gasteiger partial charge in [0.25, 0.3) is 0 Å². The van der Waals surface area contributed by atoms with Crippen LogP contribution >= 0.6 is 0 Å². The summed E-state index contributed by atoms with van der Waals surface area (Å²) in [6.45, 7) is 6.21. The van der Waals surface area contributed by atoms with Gasteiger partial charge < -0.3 is 9.88 Å². The van der Waals surface area contributed by atoms with Gasteiger partial charge in [-0.15, -0.1) is 10.2 Å². The number of fused-ring (bicyclic) bond motifs is 1. The highest BCUT2D eigenvalue weighted by Crippen LogP contribution is 2.28. The molecule has 1 aliphatic rings. The maximum atomic E-state index is 4.32. The van der Waals surface area contributed by atoms with Gasteiger partial charge in [0, 0.05) is 24.3 Å². The van der Waals surface area contributed by atoms with Crippen LogP contribution < -0.4 is 5.32 Å². The van der Waals surface area contributed by atoms with E-state index in [4.69, 9.17) is 0 Å². The summed E-state index contributed by atoms with van der Waals surface area (Å²) in [5.74, 6) is 1.98. The molecule has 1 aromatic carbocycles. The Hall–Kier alpha value is -1.84. The molecule has 0 spiro atoms. The summed E-state index contributed by atoms with van der Waals surface area (Å²) in [6.07, 6.45) is 2.20. The Labute approximate surface area is 107 Å². The third-order valence-electron chi connectivity index (χ3n) is 3.46. The van der Waals surface area contributed by atoms with Crippen molar-refractivity contribution >= 4 is 5.69 Å². The van der Waals surface area contributed by atoms with Crippen LogP contribution in [0.1, 0.15) is 24.7 Å². The number of hydrogen-bond donors (Lipinski definition) is 1. The van der Waals surface area contributed by atoms with Crippen molar-refractivity contribution in [3.8, 4) is 11.4 Å². The number of nitrogens with one attached hydrogen (secondary N) is 1. The van der Waals surface area contributed by atoms with E-state index in [1.54, 1.807) is 0 Å². The summed E-state index contributed by atoms with van der Waals surface area (Å²) < 4.78 is 2.20. The molecule has 4 nitrogen and oxygen atoms in total. The van der Waals surface area contributed by atoms with E-state index < -0.39 is 0 Å². The largest absolute Gasteiger partial charge is 0.384 e. The molecule has 0 saturated carbocycles. The number of benzene rings is 1. The van der Waals surface area contributed by atoms with Gasteiger partial charge in [-0.3, -0.25) is 0 Å². The van der Waals surface area contributed by atoms with Crippen LogP contribution in [0.2, 0.25) is 0 Å². The number of anilines is 1. The smallest absolute Gasteiger partial charge is 0.163 e. The summed E-state index contributed by atoms with van der Waals surface area (Å²) in [5.41, 5.74) is 3.82. The molecule has 18 heavy (non-hydrogen) atoms. The van der Waals surface area contributed by atoms with Crippen molar-refractivity contribution in [2.75, 3.05) is 11.9 Å². The third-order valence-corrected chi connectivity index (χ3v) is 3.46. The normalized spacial score (nSPS) is 13.4. The van der Waals surface area contributed by atoms with Gasteiger partial charge in [-0.2, -0.15) is 0 Å². The van der Waals surface area contributed by atoms with Gasteiger partial charge in [0.15, 0.2) is 5.82 Å². The number of hydrogen-bond acceptors (Lipinski definition) is 3. The average Bonchev–Trinajstić information content (AvgIpc) is 2.97. The summed E-state index contributed by atoms with van der Waals surface area (Å²) in [7, 11) is 0. The lowest BCUT2D eigenvalue weighted by Crippen LogP contribution is -2.02. The highest BCUT2D eigenvalue weighted by Gasteiger charge is 2.14. The maximum absolute atomic E-state index is 4.32. The Bertz CT molecular complexity index is 571. The molecule has 0 aliphatic carbocycles. The number of aromatic nitrogens is 3. The van der Waals surface area contributed by atoms with E-state index in [2.05, 4.69) is 45.2 Å². The minimum atomic E-state index is 0.976. The highest BCUT2D eigenvalue weighted by molar-refractivity contribution is 5.66. The Balaban J connectivity index is 2.04. The van der Waals surface area contributed by atoms with E-state index >= 15 is 0 Å². The second kappa shape index (κ2) is 4.44. The average molecular weight is 242 g/mol. The molecule has 1 aromatic heterocycles. The fourth-order valence-corrected chi connectivity index (χ4v) is 2.53. The standard InChI is InChI=1S/C14H18N4/c1-3-8-18-10(2)16-17-14(18)12-4-5-13-11(9-12)6-7-15-13/h4-5,9,15H,3,6-8H2,1-2H3.